The number of hydrogen-bond acceptors (Lipinski definition) is 4. The maximum atomic E-state index is 13.4. The SMILES string of the molecule is COc1ccc(N2C(=O)[C@@H]3[C@H](C2=O)[C@@H]2c4ccccc4C=C[NH+]2[C@@H]3C#N)cc1. The highest BCUT2D eigenvalue weighted by atomic mass is 16.5. The molecule has 2 saturated heterocycles. The minimum absolute atomic E-state index is 0.226. The van der Waals surface area contributed by atoms with Crippen LogP contribution < -0.4 is 14.5 Å². The van der Waals surface area contributed by atoms with Gasteiger partial charge in [0.2, 0.25) is 11.8 Å². The molecule has 0 aliphatic carbocycles. The summed E-state index contributed by atoms with van der Waals surface area (Å²) < 4.78 is 5.16. The smallest absolute Gasteiger partial charge is 0.245 e. The molecule has 138 valence electrons. The topological polar surface area (TPSA) is 74.8 Å². The van der Waals surface area contributed by atoms with Crippen molar-refractivity contribution < 1.29 is 19.2 Å². The Balaban J connectivity index is 1.60. The van der Waals surface area contributed by atoms with Crippen molar-refractivity contribution in [2.75, 3.05) is 12.0 Å². The van der Waals surface area contributed by atoms with E-state index in [-0.39, 0.29) is 17.9 Å². The first-order valence-electron chi connectivity index (χ1n) is 9.21. The second-order valence-corrected chi connectivity index (χ2v) is 7.31. The van der Waals surface area contributed by atoms with E-state index in [1.54, 1.807) is 31.4 Å². The summed E-state index contributed by atoms with van der Waals surface area (Å²) in [5.41, 5.74) is 2.57. The molecular weight excluding hydrogens is 354 g/mol. The number of fused-ring (bicyclic) bond motifs is 5. The Labute approximate surface area is 162 Å². The third-order valence-electron chi connectivity index (χ3n) is 6.09. The zero-order valence-corrected chi connectivity index (χ0v) is 15.2. The van der Waals surface area contributed by atoms with Gasteiger partial charge in [-0.15, -0.1) is 0 Å². The lowest BCUT2D eigenvalue weighted by Crippen LogP contribution is -3.10. The zero-order chi connectivity index (χ0) is 19.4. The Morgan fingerprint density at radius 3 is 2.46 bits per heavy atom. The number of carbonyl (C=O) groups is 2. The minimum Gasteiger partial charge on any atom is -0.497 e. The lowest BCUT2D eigenvalue weighted by atomic mass is 9.85. The molecule has 2 aromatic carbocycles. The van der Waals surface area contributed by atoms with E-state index >= 15 is 0 Å². The van der Waals surface area contributed by atoms with E-state index in [4.69, 9.17) is 4.74 Å². The van der Waals surface area contributed by atoms with E-state index in [0.717, 1.165) is 16.0 Å². The van der Waals surface area contributed by atoms with Crippen molar-refractivity contribution in [1.29, 1.82) is 5.26 Å². The van der Waals surface area contributed by atoms with Gasteiger partial charge in [-0.3, -0.25) is 14.5 Å². The Bertz CT molecular complexity index is 1050. The molecule has 2 aromatic rings. The molecule has 2 fully saturated rings. The van der Waals surface area contributed by atoms with Gasteiger partial charge in [-0.1, -0.05) is 24.3 Å². The average molecular weight is 372 g/mol. The summed E-state index contributed by atoms with van der Waals surface area (Å²) in [7, 11) is 1.56. The quantitative estimate of drug-likeness (QED) is 0.807. The van der Waals surface area contributed by atoms with E-state index in [2.05, 4.69) is 6.07 Å². The number of quaternary nitrogens is 1. The van der Waals surface area contributed by atoms with E-state index in [1.807, 2.05) is 36.5 Å². The highest BCUT2D eigenvalue weighted by Gasteiger charge is 2.66. The minimum atomic E-state index is -0.643. The first kappa shape index (κ1) is 16.7. The second-order valence-electron chi connectivity index (χ2n) is 7.31. The molecule has 3 heterocycles. The summed E-state index contributed by atoms with van der Waals surface area (Å²) in [6.07, 6.45) is 3.90. The van der Waals surface area contributed by atoms with Crippen LogP contribution in [-0.2, 0) is 9.59 Å². The predicted octanol–water partition coefficient (Wildman–Crippen LogP) is 1.32. The van der Waals surface area contributed by atoms with Gasteiger partial charge in [0.1, 0.15) is 29.7 Å². The van der Waals surface area contributed by atoms with Crippen molar-refractivity contribution in [1.82, 2.24) is 0 Å². The van der Waals surface area contributed by atoms with Crippen LogP contribution >= 0.6 is 0 Å². The van der Waals surface area contributed by atoms with Crippen molar-refractivity contribution >= 4 is 23.6 Å². The molecule has 28 heavy (non-hydrogen) atoms. The number of ether oxygens (including phenoxy) is 1. The van der Waals surface area contributed by atoms with Crippen LogP contribution in [0.5, 0.6) is 5.75 Å². The van der Waals surface area contributed by atoms with Crippen LogP contribution in [0.15, 0.2) is 54.7 Å². The molecule has 6 nitrogen and oxygen atoms in total. The lowest BCUT2D eigenvalue weighted by molar-refractivity contribution is -0.885. The van der Waals surface area contributed by atoms with Gasteiger partial charge in [0.15, 0.2) is 6.04 Å². The van der Waals surface area contributed by atoms with Crippen LogP contribution in [-0.4, -0.2) is 25.0 Å². The number of anilines is 1. The fourth-order valence-corrected chi connectivity index (χ4v) is 4.87. The number of benzene rings is 2. The average Bonchev–Trinajstić information content (AvgIpc) is 3.20. The normalized spacial score (nSPS) is 29.9. The van der Waals surface area contributed by atoms with Crippen LogP contribution in [0.1, 0.15) is 17.2 Å². The molecule has 1 N–H and O–H groups in total. The molecule has 3 aliphatic heterocycles. The molecule has 0 radical (unpaired) electrons. The molecule has 6 heteroatoms. The van der Waals surface area contributed by atoms with Gasteiger partial charge in [0.25, 0.3) is 0 Å². The number of nitrogens with zero attached hydrogens (tertiary/aromatic N) is 2. The Hall–Kier alpha value is -3.43. The third kappa shape index (κ3) is 2.11. The van der Waals surface area contributed by atoms with E-state index in [0.29, 0.717) is 11.4 Å². The van der Waals surface area contributed by atoms with Gasteiger partial charge in [-0.2, -0.15) is 5.26 Å². The third-order valence-corrected chi connectivity index (χ3v) is 6.09. The van der Waals surface area contributed by atoms with Crippen LogP contribution in [0.3, 0.4) is 0 Å². The summed E-state index contributed by atoms with van der Waals surface area (Å²) in [4.78, 5) is 28.8. The maximum Gasteiger partial charge on any atom is 0.245 e. The highest BCUT2D eigenvalue weighted by Crippen LogP contribution is 2.44. The highest BCUT2D eigenvalue weighted by molar-refractivity contribution is 6.22. The first-order valence-corrected chi connectivity index (χ1v) is 9.21. The molecule has 0 bridgehead atoms. The van der Waals surface area contributed by atoms with Gasteiger partial charge >= 0.3 is 0 Å². The van der Waals surface area contributed by atoms with E-state index < -0.39 is 17.9 Å². The van der Waals surface area contributed by atoms with Crippen molar-refractivity contribution in [3.63, 3.8) is 0 Å². The number of nitrogens with one attached hydrogen (secondary N) is 1. The zero-order valence-electron chi connectivity index (χ0n) is 15.2. The predicted molar refractivity (Wildman–Crippen MR) is 101 cm³/mol. The van der Waals surface area contributed by atoms with Crippen LogP contribution in [0, 0.1) is 23.2 Å². The molecule has 2 amide bonds. The van der Waals surface area contributed by atoms with E-state index in [9.17, 15) is 14.9 Å². The molecule has 5 rings (SSSR count). The number of imide groups is 1. The monoisotopic (exact) mass is 372 g/mol. The van der Waals surface area contributed by atoms with Gasteiger partial charge in [0.05, 0.1) is 19.0 Å². The Morgan fingerprint density at radius 1 is 1.04 bits per heavy atom. The van der Waals surface area contributed by atoms with Crippen molar-refractivity contribution in [3.8, 4) is 11.8 Å². The summed E-state index contributed by atoms with van der Waals surface area (Å²) in [5, 5.41) is 9.83. The van der Waals surface area contributed by atoms with Crippen molar-refractivity contribution in [3.05, 3.63) is 65.9 Å². The number of hydrogen-bond donors (Lipinski definition) is 1. The largest absolute Gasteiger partial charge is 0.497 e. The summed E-state index contributed by atoms with van der Waals surface area (Å²) in [6.45, 7) is 0. The fourth-order valence-electron chi connectivity index (χ4n) is 4.87. The van der Waals surface area contributed by atoms with Crippen LogP contribution in [0.25, 0.3) is 6.08 Å². The summed E-state index contributed by atoms with van der Waals surface area (Å²) in [6, 6.07) is 16.2. The molecule has 3 aliphatic rings. The number of rotatable bonds is 2. The summed E-state index contributed by atoms with van der Waals surface area (Å²) in [5.74, 6) is -1.05. The van der Waals surface area contributed by atoms with Crippen LogP contribution in [0.2, 0.25) is 0 Å². The van der Waals surface area contributed by atoms with Gasteiger partial charge in [0, 0.05) is 5.56 Å². The molecule has 0 spiro atoms. The Morgan fingerprint density at radius 2 is 1.75 bits per heavy atom. The molecular formula is C22H18N3O3+. The first-order chi connectivity index (χ1) is 13.7. The van der Waals surface area contributed by atoms with Crippen molar-refractivity contribution in [2.24, 2.45) is 11.8 Å². The maximum absolute atomic E-state index is 13.4. The molecule has 5 atom stereocenters. The second kappa shape index (κ2) is 6.04. The van der Waals surface area contributed by atoms with Crippen molar-refractivity contribution in [2.45, 2.75) is 12.1 Å². The number of nitriles is 1. The van der Waals surface area contributed by atoms with Gasteiger partial charge < -0.3 is 4.74 Å². The van der Waals surface area contributed by atoms with Crippen LogP contribution in [0.4, 0.5) is 5.69 Å². The number of methoxy groups -OCH3 is 1. The Kier molecular flexibility index (Phi) is 3.61. The molecule has 1 unspecified atom stereocenters. The van der Waals surface area contributed by atoms with Gasteiger partial charge in [-0.25, -0.2) is 4.90 Å². The van der Waals surface area contributed by atoms with Gasteiger partial charge in [-0.05, 0) is 35.9 Å². The number of amides is 2. The fraction of sp³-hybridized carbons (Fsp3) is 0.227. The lowest BCUT2D eigenvalue weighted by Gasteiger charge is -2.28. The van der Waals surface area contributed by atoms with E-state index in [1.165, 1.54) is 4.90 Å². The number of carbonyl (C=O) groups excluding carboxylic acids is 2. The standard InChI is InChI=1S/C22H17N3O3/c1-28-15-8-6-14(7-9-15)25-21(26)18-17(12-23)24-11-10-13-4-2-3-5-16(13)20(24)19(18)22(25)27/h2-11,17-20H,1H3/p+1/t17-,18+,19+,20+/m1/s1. The molecule has 0 saturated carbocycles. The summed E-state index contributed by atoms with van der Waals surface area (Å²) >= 11 is 0. The molecule has 0 aromatic heterocycles.